The molecule has 6 heteroatoms. The minimum atomic E-state index is -1.11. The van der Waals surface area contributed by atoms with Gasteiger partial charge in [0, 0.05) is 25.5 Å². The summed E-state index contributed by atoms with van der Waals surface area (Å²) in [5, 5.41) is 0. The monoisotopic (exact) mass is 306 g/mol. The Balaban J connectivity index is 1.95. The number of benzene rings is 1. The summed E-state index contributed by atoms with van der Waals surface area (Å²) in [7, 11) is 1.87. The average molecular weight is 306 g/mol. The smallest absolute Gasteiger partial charge is 0.257 e. The molecule has 1 saturated heterocycles. The molecular formula is C16H16F2N2O2. The summed E-state index contributed by atoms with van der Waals surface area (Å²) in [6.45, 7) is 1.05. The second kappa shape index (κ2) is 5.88. The van der Waals surface area contributed by atoms with Crippen LogP contribution in [0.25, 0.3) is 0 Å². The first-order valence-electron chi connectivity index (χ1n) is 7.03. The zero-order chi connectivity index (χ0) is 15.7. The number of aryl methyl sites for hydroxylation is 1. The first kappa shape index (κ1) is 14.7. The van der Waals surface area contributed by atoms with Crippen LogP contribution >= 0.6 is 0 Å². The lowest BCUT2D eigenvalue weighted by atomic mass is 10.1. The van der Waals surface area contributed by atoms with Crippen molar-refractivity contribution in [2.45, 2.75) is 6.04 Å². The van der Waals surface area contributed by atoms with Gasteiger partial charge in [-0.1, -0.05) is 6.07 Å². The van der Waals surface area contributed by atoms with Crippen molar-refractivity contribution in [3.8, 4) is 0 Å². The summed E-state index contributed by atoms with van der Waals surface area (Å²) in [6.07, 6.45) is 1.87. The second-order valence-corrected chi connectivity index (χ2v) is 5.23. The molecule has 0 spiro atoms. The van der Waals surface area contributed by atoms with E-state index in [0.717, 1.165) is 11.8 Å². The molecule has 1 amide bonds. The Morgan fingerprint density at radius 3 is 2.82 bits per heavy atom. The van der Waals surface area contributed by atoms with Gasteiger partial charge in [-0.2, -0.15) is 0 Å². The molecule has 1 aliphatic rings. The van der Waals surface area contributed by atoms with E-state index in [9.17, 15) is 13.6 Å². The predicted molar refractivity (Wildman–Crippen MR) is 76.4 cm³/mol. The Labute approximate surface area is 126 Å². The Kier molecular flexibility index (Phi) is 3.94. The topological polar surface area (TPSA) is 34.5 Å². The average Bonchev–Trinajstić information content (AvgIpc) is 2.95. The Morgan fingerprint density at radius 2 is 2.09 bits per heavy atom. The number of hydrogen-bond acceptors (Lipinski definition) is 2. The largest absolute Gasteiger partial charge is 0.377 e. The van der Waals surface area contributed by atoms with Gasteiger partial charge in [0.15, 0.2) is 11.6 Å². The molecule has 2 heterocycles. The molecule has 2 aromatic rings. The van der Waals surface area contributed by atoms with E-state index < -0.39 is 17.5 Å². The highest BCUT2D eigenvalue weighted by Crippen LogP contribution is 2.27. The minimum absolute atomic E-state index is 0.249. The number of carbonyl (C=O) groups excluding carboxylic acids is 1. The lowest BCUT2D eigenvalue weighted by molar-refractivity contribution is -0.00490. The number of rotatable bonds is 2. The van der Waals surface area contributed by atoms with Crippen molar-refractivity contribution < 1.29 is 18.3 Å². The molecule has 1 aromatic carbocycles. The molecule has 1 aromatic heterocycles. The van der Waals surface area contributed by atoms with Gasteiger partial charge in [0.2, 0.25) is 0 Å². The standard InChI is InChI=1S/C16H16F2N2O2/c1-19-7-3-6-13(19)14-10-22-9-8-20(14)16(21)11-4-2-5-12(17)15(11)18/h2-7,14H,8-10H2,1H3/t14-/m1/s1. The van der Waals surface area contributed by atoms with Crippen molar-refractivity contribution in [3.63, 3.8) is 0 Å². The molecule has 1 aliphatic heterocycles. The van der Waals surface area contributed by atoms with E-state index in [-0.39, 0.29) is 11.6 Å². The van der Waals surface area contributed by atoms with Crippen LogP contribution in [0.2, 0.25) is 0 Å². The maximum absolute atomic E-state index is 13.9. The first-order valence-corrected chi connectivity index (χ1v) is 7.03. The van der Waals surface area contributed by atoms with Gasteiger partial charge in [-0.25, -0.2) is 8.78 Å². The molecule has 116 valence electrons. The van der Waals surface area contributed by atoms with Crippen molar-refractivity contribution in [2.24, 2.45) is 7.05 Å². The van der Waals surface area contributed by atoms with E-state index in [1.165, 1.54) is 17.0 Å². The fraction of sp³-hybridized carbons (Fsp3) is 0.312. The molecule has 4 nitrogen and oxygen atoms in total. The van der Waals surface area contributed by atoms with Crippen LogP contribution in [0.5, 0.6) is 0 Å². The van der Waals surface area contributed by atoms with E-state index in [4.69, 9.17) is 4.74 Å². The molecule has 0 bridgehead atoms. The van der Waals surface area contributed by atoms with Gasteiger partial charge in [-0.15, -0.1) is 0 Å². The minimum Gasteiger partial charge on any atom is -0.377 e. The number of aromatic nitrogens is 1. The third-order valence-corrected chi connectivity index (χ3v) is 3.90. The van der Waals surface area contributed by atoms with Gasteiger partial charge in [-0.3, -0.25) is 4.79 Å². The van der Waals surface area contributed by atoms with Crippen LogP contribution in [0.15, 0.2) is 36.5 Å². The fourth-order valence-electron chi connectivity index (χ4n) is 2.74. The highest BCUT2D eigenvalue weighted by Gasteiger charge is 2.32. The zero-order valence-corrected chi connectivity index (χ0v) is 12.1. The van der Waals surface area contributed by atoms with Crippen molar-refractivity contribution in [2.75, 3.05) is 19.8 Å². The van der Waals surface area contributed by atoms with Crippen molar-refractivity contribution in [1.82, 2.24) is 9.47 Å². The number of carbonyl (C=O) groups is 1. The number of hydrogen-bond donors (Lipinski definition) is 0. The van der Waals surface area contributed by atoms with E-state index in [1.54, 1.807) is 0 Å². The first-order chi connectivity index (χ1) is 10.6. The highest BCUT2D eigenvalue weighted by atomic mass is 19.2. The molecule has 3 rings (SSSR count). The lowest BCUT2D eigenvalue weighted by Crippen LogP contribution is -2.44. The summed E-state index contributed by atoms with van der Waals surface area (Å²) in [4.78, 5) is 14.2. The Morgan fingerprint density at radius 1 is 1.27 bits per heavy atom. The SMILES string of the molecule is Cn1cccc1[C@H]1COCCN1C(=O)c1cccc(F)c1F. The molecule has 0 radical (unpaired) electrons. The third kappa shape index (κ3) is 2.50. The summed E-state index contributed by atoms with van der Waals surface area (Å²) in [6, 6.07) is 7.09. The number of morpholine rings is 1. The van der Waals surface area contributed by atoms with Crippen LogP contribution in [0.3, 0.4) is 0 Å². The van der Waals surface area contributed by atoms with Crippen LogP contribution in [-0.4, -0.2) is 35.1 Å². The van der Waals surface area contributed by atoms with Crippen LogP contribution in [0, 0.1) is 11.6 Å². The predicted octanol–water partition coefficient (Wildman–Crippen LogP) is 2.52. The van der Waals surface area contributed by atoms with Crippen LogP contribution in [0.1, 0.15) is 22.1 Å². The van der Waals surface area contributed by atoms with E-state index in [1.807, 2.05) is 29.9 Å². The Bertz CT molecular complexity index is 699. The van der Waals surface area contributed by atoms with Gasteiger partial charge < -0.3 is 14.2 Å². The fourth-order valence-corrected chi connectivity index (χ4v) is 2.74. The van der Waals surface area contributed by atoms with Crippen LogP contribution in [-0.2, 0) is 11.8 Å². The number of halogens is 2. The highest BCUT2D eigenvalue weighted by molar-refractivity contribution is 5.94. The third-order valence-electron chi connectivity index (χ3n) is 3.90. The normalized spacial score (nSPS) is 18.5. The molecule has 0 N–H and O–H groups in total. The van der Waals surface area contributed by atoms with E-state index >= 15 is 0 Å². The van der Waals surface area contributed by atoms with Crippen LogP contribution in [0.4, 0.5) is 8.78 Å². The van der Waals surface area contributed by atoms with Crippen molar-refractivity contribution in [1.29, 1.82) is 0 Å². The van der Waals surface area contributed by atoms with E-state index in [0.29, 0.717) is 19.8 Å². The molecule has 1 atom stereocenters. The quantitative estimate of drug-likeness (QED) is 0.854. The van der Waals surface area contributed by atoms with Gasteiger partial charge in [-0.05, 0) is 24.3 Å². The summed E-state index contributed by atoms with van der Waals surface area (Å²) in [5.74, 6) is -2.65. The number of amides is 1. The van der Waals surface area contributed by atoms with Crippen LogP contribution < -0.4 is 0 Å². The number of ether oxygens (including phenoxy) is 1. The molecule has 0 unspecified atom stereocenters. The van der Waals surface area contributed by atoms with E-state index in [2.05, 4.69) is 0 Å². The lowest BCUT2D eigenvalue weighted by Gasteiger charge is -2.36. The maximum atomic E-state index is 13.9. The zero-order valence-electron chi connectivity index (χ0n) is 12.1. The molecule has 0 saturated carbocycles. The maximum Gasteiger partial charge on any atom is 0.257 e. The molecular weight excluding hydrogens is 290 g/mol. The summed E-state index contributed by atoms with van der Waals surface area (Å²) < 4.78 is 34.6. The molecule has 22 heavy (non-hydrogen) atoms. The Hall–Kier alpha value is -2.21. The molecule has 0 aliphatic carbocycles. The van der Waals surface area contributed by atoms with Gasteiger partial charge >= 0.3 is 0 Å². The van der Waals surface area contributed by atoms with Gasteiger partial charge in [0.25, 0.3) is 5.91 Å². The summed E-state index contributed by atoms with van der Waals surface area (Å²) >= 11 is 0. The second-order valence-electron chi connectivity index (χ2n) is 5.23. The van der Waals surface area contributed by atoms with Crippen molar-refractivity contribution >= 4 is 5.91 Å². The summed E-state index contributed by atoms with van der Waals surface area (Å²) in [5.41, 5.74) is 0.644. The molecule has 1 fully saturated rings. The van der Waals surface area contributed by atoms with Gasteiger partial charge in [0.1, 0.15) is 0 Å². The van der Waals surface area contributed by atoms with Crippen molar-refractivity contribution in [3.05, 3.63) is 59.4 Å². The van der Waals surface area contributed by atoms with Gasteiger partial charge in [0.05, 0.1) is 24.8 Å². The number of nitrogens with zero attached hydrogens (tertiary/aromatic N) is 2.